The quantitative estimate of drug-likeness (QED) is 0.665. The molecule has 0 aromatic heterocycles. The van der Waals surface area contributed by atoms with Crippen LogP contribution >= 0.6 is 0 Å². The summed E-state index contributed by atoms with van der Waals surface area (Å²) in [4.78, 5) is 12.7. The smallest absolute Gasteiger partial charge is 0.155 e. The van der Waals surface area contributed by atoms with E-state index in [1.54, 1.807) is 20.8 Å². The molecule has 0 spiro atoms. The molecule has 0 saturated heterocycles. The van der Waals surface area contributed by atoms with Crippen LogP contribution in [0.3, 0.4) is 0 Å². The SMILES string of the molecule is CC(C)(C)Oc1ccc(CC(=O)C2CCC(CS(=O)(=O)C(C)(C)C)CC2)cc1. The van der Waals surface area contributed by atoms with Gasteiger partial charge in [0.2, 0.25) is 0 Å². The minimum atomic E-state index is -3.10. The monoisotopic (exact) mass is 408 g/mol. The molecule has 0 aliphatic heterocycles. The Kier molecular flexibility index (Phi) is 7.01. The lowest BCUT2D eigenvalue weighted by molar-refractivity contribution is -0.123. The van der Waals surface area contributed by atoms with Gasteiger partial charge in [-0.25, -0.2) is 8.42 Å². The Balaban J connectivity index is 1.85. The van der Waals surface area contributed by atoms with E-state index < -0.39 is 14.6 Å². The molecule has 1 saturated carbocycles. The van der Waals surface area contributed by atoms with E-state index in [4.69, 9.17) is 4.74 Å². The first-order valence-electron chi connectivity index (χ1n) is 10.3. The van der Waals surface area contributed by atoms with Crippen molar-refractivity contribution >= 4 is 15.6 Å². The molecule has 0 N–H and O–H groups in total. The van der Waals surface area contributed by atoms with E-state index in [1.165, 1.54) is 0 Å². The van der Waals surface area contributed by atoms with Gasteiger partial charge in [0.25, 0.3) is 0 Å². The van der Waals surface area contributed by atoms with Crippen molar-refractivity contribution in [2.24, 2.45) is 11.8 Å². The summed E-state index contributed by atoms with van der Waals surface area (Å²) in [5.41, 5.74) is 0.764. The van der Waals surface area contributed by atoms with Crippen molar-refractivity contribution in [1.82, 2.24) is 0 Å². The summed E-state index contributed by atoms with van der Waals surface area (Å²) in [7, 11) is -3.10. The van der Waals surface area contributed by atoms with Gasteiger partial charge < -0.3 is 4.74 Å². The molecular formula is C23H36O4S. The second kappa shape index (κ2) is 8.56. The first-order chi connectivity index (χ1) is 12.8. The number of ether oxygens (including phenoxy) is 1. The fourth-order valence-corrected chi connectivity index (χ4v) is 5.04. The Morgan fingerprint density at radius 2 is 1.50 bits per heavy atom. The zero-order valence-electron chi connectivity index (χ0n) is 18.2. The summed E-state index contributed by atoms with van der Waals surface area (Å²) in [5.74, 6) is 1.55. The summed E-state index contributed by atoms with van der Waals surface area (Å²) in [6.45, 7) is 11.3. The molecule has 0 atom stereocenters. The number of ketones is 1. The Bertz CT molecular complexity index is 756. The molecule has 0 amide bonds. The van der Waals surface area contributed by atoms with Crippen molar-refractivity contribution in [3.8, 4) is 5.75 Å². The van der Waals surface area contributed by atoms with Gasteiger partial charge in [-0.05, 0) is 90.8 Å². The van der Waals surface area contributed by atoms with E-state index in [-0.39, 0.29) is 29.0 Å². The molecule has 158 valence electrons. The number of benzene rings is 1. The van der Waals surface area contributed by atoms with Crippen molar-refractivity contribution in [1.29, 1.82) is 0 Å². The van der Waals surface area contributed by atoms with Crippen LogP contribution in [0.2, 0.25) is 0 Å². The largest absolute Gasteiger partial charge is 0.488 e. The highest BCUT2D eigenvalue weighted by Crippen LogP contribution is 2.33. The highest BCUT2D eigenvalue weighted by Gasteiger charge is 2.34. The van der Waals surface area contributed by atoms with Gasteiger partial charge in [0, 0.05) is 12.3 Å². The highest BCUT2D eigenvalue weighted by molar-refractivity contribution is 7.92. The molecule has 1 aromatic carbocycles. The minimum absolute atomic E-state index is 0.0547. The summed E-state index contributed by atoms with van der Waals surface area (Å²) in [5, 5.41) is 0. The Labute approximate surface area is 171 Å². The summed E-state index contributed by atoms with van der Waals surface area (Å²) >= 11 is 0. The average molecular weight is 409 g/mol. The molecule has 2 rings (SSSR count). The van der Waals surface area contributed by atoms with E-state index in [2.05, 4.69) is 0 Å². The van der Waals surface area contributed by atoms with Gasteiger partial charge in [-0.1, -0.05) is 12.1 Å². The molecule has 1 fully saturated rings. The molecule has 0 radical (unpaired) electrons. The van der Waals surface area contributed by atoms with Crippen molar-refractivity contribution in [2.45, 2.75) is 84.0 Å². The third kappa shape index (κ3) is 6.61. The third-order valence-corrected chi connectivity index (χ3v) is 8.19. The van der Waals surface area contributed by atoms with E-state index in [1.807, 2.05) is 45.0 Å². The van der Waals surface area contributed by atoms with Crippen molar-refractivity contribution in [3.05, 3.63) is 29.8 Å². The van der Waals surface area contributed by atoms with Crippen LogP contribution in [0.15, 0.2) is 24.3 Å². The molecule has 0 unspecified atom stereocenters. The lowest BCUT2D eigenvalue weighted by Gasteiger charge is -2.30. The van der Waals surface area contributed by atoms with Gasteiger partial charge in [-0.3, -0.25) is 4.79 Å². The number of carbonyl (C=O) groups is 1. The lowest BCUT2D eigenvalue weighted by Crippen LogP contribution is -2.35. The van der Waals surface area contributed by atoms with Crippen LogP contribution in [0.1, 0.15) is 72.8 Å². The Morgan fingerprint density at radius 3 is 1.96 bits per heavy atom. The molecule has 1 aliphatic carbocycles. The highest BCUT2D eigenvalue weighted by atomic mass is 32.2. The topological polar surface area (TPSA) is 60.4 Å². The van der Waals surface area contributed by atoms with Crippen LogP contribution in [-0.4, -0.2) is 30.3 Å². The zero-order chi connectivity index (χ0) is 21.2. The fourth-order valence-electron chi connectivity index (χ4n) is 3.59. The lowest BCUT2D eigenvalue weighted by atomic mass is 9.79. The van der Waals surface area contributed by atoms with Crippen LogP contribution in [0.4, 0.5) is 0 Å². The van der Waals surface area contributed by atoms with Gasteiger partial charge in [-0.2, -0.15) is 0 Å². The second-order valence-corrected chi connectivity index (χ2v) is 12.9. The van der Waals surface area contributed by atoms with Gasteiger partial charge in [0.15, 0.2) is 9.84 Å². The molecule has 0 heterocycles. The maximum atomic E-state index is 12.7. The van der Waals surface area contributed by atoms with E-state index in [0.29, 0.717) is 6.42 Å². The van der Waals surface area contributed by atoms with Gasteiger partial charge >= 0.3 is 0 Å². The molecule has 28 heavy (non-hydrogen) atoms. The van der Waals surface area contributed by atoms with Gasteiger partial charge in [0.1, 0.15) is 17.1 Å². The summed E-state index contributed by atoms with van der Waals surface area (Å²) < 4.78 is 29.9. The molecule has 5 heteroatoms. The maximum Gasteiger partial charge on any atom is 0.155 e. The van der Waals surface area contributed by atoms with Crippen LogP contribution in [0.5, 0.6) is 5.75 Å². The van der Waals surface area contributed by atoms with Crippen molar-refractivity contribution in [3.63, 3.8) is 0 Å². The standard InChI is InChI=1S/C23H36O4S/c1-22(2,3)27-20-13-9-17(10-14-20)15-21(24)19-11-7-18(8-12-19)16-28(25,26)23(4,5)6/h9-10,13-14,18-19H,7-8,11-12,15-16H2,1-6H3. The predicted molar refractivity (Wildman–Crippen MR) is 115 cm³/mol. The molecular weight excluding hydrogens is 372 g/mol. The second-order valence-electron chi connectivity index (χ2n) is 10.1. The Hall–Kier alpha value is -1.36. The minimum Gasteiger partial charge on any atom is -0.488 e. The number of hydrogen-bond donors (Lipinski definition) is 0. The van der Waals surface area contributed by atoms with Crippen LogP contribution < -0.4 is 4.74 Å². The average Bonchev–Trinajstić information content (AvgIpc) is 2.54. The first-order valence-corrected chi connectivity index (χ1v) is 11.9. The zero-order valence-corrected chi connectivity index (χ0v) is 19.1. The van der Waals surface area contributed by atoms with Crippen LogP contribution in [0, 0.1) is 11.8 Å². The van der Waals surface area contributed by atoms with Gasteiger partial charge in [-0.15, -0.1) is 0 Å². The summed E-state index contributed by atoms with van der Waals surface area (Å²) in [6.07, 6.45) is 3.68. The van der Waals surface area contributed by atoms with Crippen LogP contribution in [-0.2, 0) is 21.1 Å². The van der Waals surface area contributed by atoms with Crippen molar-refractivity contribution in [2.75, 3.05) is 5.75 Å². The number of sulfone groups is 1. The normalized spacial score (nSPS) is 21.4. The van der Waals surface area contributed by atoms with E-state index >= 15 is 0 Å². The molecule has 1 aliphatic rings. The first kappa shape index (κ1) is 22.9. The van der Waals surface area contributed by atoms with E-state index in [0.717, 1.165) is 37.0 Å². The predicted octanol–water partition coefficient (Wildman–Crippen LogP) is 5.00. The number of carbonyl (C=O) groups excluding carboxylic acids is 1. The van der Waals surface area contributed by atoms with Crippen LogP contribution in [0.25, 0.3) is 0 Å². The molecule has 1 aromatic rings. The fraction of sp³-hybridized carbons (Fsp3) is 0.696. The third-order valence-electron chi connectivity index (χ3n) is 5.42. The molecule has 0 bridgehead atoms. The number of rotatable bonds is 6. The maximum absolute atomic E-state index is 12.7. The van der Waals surface area contributed by atoms with Crippen molar-refractivity contribution < 1.29 is 17.9 Å². The molecule has 4 nitrogen and oxygen atoms in total. The number of Topliss-reactive ketones (excluding diaryl/α,β-unsaturated/α-hetero) is 1. The Morgan fingerprint density at radius 1 is 0.964 bits per heavy atom. The summed E-state index contributed by atoms with van der Waals surface area (Å²) in [6, 6.07) is 7.76. The van der Waals surface area contributed by atoms with E-state index in [9.17, 15) is 13.2 Å². The number of hydrogen-bond acceptors (Lipinski definition) is 4. The van der Waals surface area contributed by atoms with Gasteiger partial charge in [0.05, 0.1) is 10.5 Å².